The SMILES string of the molecule is Cc1cccc(CN2CCCC(C(N)=NO)C2)n1. The molecule has 1 aromatic heterocycles. The average molecular weight is 248 g/mol. The van der Waals surface area contributed by atoms with Crippen LogP contribution in [0, 0.1) is 12.8 Å². The molecule has 1 unspecified atom stereocenters. The van der Waals surface area contributed by atoms with Crippen molar-refractivity contribution in [1.29, 1.82) is 0 Å². The fourth-order valence-electron chi connectivity index (χ4n) is 2.44. The Morgan fingerprint density at radius 1 is 1.61 bits per heavy atom. The zero-order chi connectivity index (χ0) is 13.0. The summed E-state index contributed by atoms with van der Waals surface area (Å²) in [6, 6.07) is 6.07. The standard InChI is InChI=1S/C13H20N4O/c1-10-4-2-6-12(15-10)9-17-7-3-5-11(8-17)13(14)16-18/h2,4,6,11,18H,3,5,7-9H2,1H3,(H2,14,16). The smallest absolute Gasteiger partial charge is 0.143 e. The fourth-order valence-corrected chi connectivity index (χ4v) is 2.44. The highest BCUT2D eigenvalue weighted by Gasteiger charge is 2.23. The molecule has 1 aliphatic rings. The molecule has 1 aliphatic heterocycles. The van der Waals surface area contributed by atoms with Crippen LogP contribution in [0.5, 0.6) is 0 Å². The molecule has 0 bridgehead atoms. The molecule has 1 fully saturated rings. The highest BCUT2D eigenvalue weighted by atomic mass is 16.4. The van der Waals surface area contributed by atoms with Gasteiger partial charge < -0.3 is 10.9 Å². The first-order valence-corrected chi connectivity index (χ1v) is 6.31. The van der Waals surface area contributed by atoms with Crippen molar-refractivity contribution in [3.63, 3.8) is 0 Å². The first kappa shape index (κ1) is 12.8. The van der Waals surface area contributed by atoms with E-state index in [1.54, 1.807) is 0 Å². The van der Waals surface area contributed by atoms with Crippen LogP contribution in [0.3, 0.4) is 0 Å². The summed E-state index contributed by atoms with van der Waals surface area (Å²) in [6.07, 6.45) is 2.07. The molecule has 0 saturated carbocycles. The number of pyridine rings is 1. The maximum absolute atomic E-state index is 8.73. The Labute approximate surface area is 107 Å². The minimum atomic E-state index is 0.161. The number of piperidine rings is 1. The molecule has 1 saturated heterocycles. The van der Waals surface area contributed by atoms with Gasteiger partial charge in [0, 0.05) is 24.7 Å². The number of rotatable bonds is 3. The maximum atomic E-state index is 8.73. The van der Waals surface area contributed by atoms with Crippen molar-refractivity contribution in [3.8, 4) is 0 Å². The van der Waals surface area contributed by atoms with Gasteiger partial charge in [-0.2, -0.15) is 0 Å². The zero-order valence-corrected chi connectivity index (χ0v) is 10.7. The third kappa shape index (κ3) is 3.20. The lowest BCUT2D eigenvalue weighted by Gasteiger charge is -2.31. The first-order valence-electron chi connectivity index (χ1n) is 6.31. The number of likely N-dealkylation sites (tertiary alicyclic amines) is 1. The van der Waals surface area contributed by atoms with Crippen LogP contribution in [-0.4, -0.2) is 34.0 Å². The molecule has 18 heavy (non-hydrogen) atoms. The van der Waals surface area contributed by atoms with Crippen molar-refractivity contribution in [2.24, 2.45) is 16.8 Å². The highest BCUT2D eigenvalue weighted by molar-refractivity contribution is 5.82. The molecule has 1 atom stereocenters. The summed E-state index contributed by atoms with van der Waals surface area (Å²) in [7, 11) is 0. The lowest BCUT2D eigenvalue weighted by Crippen LogP contribution is -2.40. The van der Waals surface area contributed by atoms with Crippen molar-refractivity contribution < 1.29 is 5.21 Å². The number of hydrogen-bond donors (Lipinski definition) is 2. The number of aromatic nitrogens is 1. The van der Waals surface area contributed by atoms with Crippen LogP contribution in [0.15, 0.2) is 23.4 Å². The maximum Gasteiger partial charge on any atom is 0.143 e. The Morgan fingerprint density at radius 2 is 2.44 bits per heavy atom. The van der Waals surface area contributed by atoms with Crippen molar-refractivity contribution in [3.05, 3.63) is 29.6 Å². The lowest BCUT2D eigenvalue weighted by atomic mass is 9.97. The summed E-state index contributed by atoms with van der Waals surface area (Å²) in [6.45, 7) is 4.71. The Bertz CT molecular complexity index is 433. The number of nitrogens with two attached hydrogens (primary N) is 1. The van der Waals surface area contributed by atoms with Crippen LogP contribution >= 0.6 is 0 Å². The molecule has 0 aliphatic carbocycles. The van der Waals surface area contributed by atoms with E-state index < -0.39 is 0 Å². The van der Waals surface area contributed by atoms with Crippen molar-refractivity contribution in [2.75, 3.05) is 13.1 Å². The zero-order valence-electron chi connectivity index (χ0n) is 10.7. The van der Waals surface area contributed by atoms with Gasteiger partial charge in [-0.15, -0.1) is 0 Å². The molecule has 0 amide bonds. The van der Waals surface area contributed by atoms with Gasteiger partial charge >= 0.3 is 0 Å². The normalized spacial score (nSPS) is 22.1. The summed E-state index contributed by atoms with van der Waals surface area (Å²) >= 11 is 0. The molecule has 5 nitrogen and oxygen atoms in total. The number of aryl methyl sites for hydroxylation is 1. The quantitative estimate of drug-likeness (QED) is 0.366. The summed E-state index contributed by atoms with van der Waals surface area (Å²) in [5.74, 6) is 0.505. The third-order valence-electron chi connectivity index (χ3n) is 3.37. The number of hydrogen-bond acceptors (Lipinski definition) is 4. The van der Waals surface area contributed by atoms with E-state index in [2.05, 4.69) is 15.0 Å². The molecular weight excluding hydrogens is 228 g/mol. The summed E-state index contributed by atoms with van der Waals surface area (Å²) in [4.78, 5) is 6.82. The van der Waals surface area contributed by atoms with Gasteiger partial charge in [0.05, 0.1) is 5.69 Å². The second-order valence-electron chi connectivity index (χ2n) is 4.87. The molecule has 98 valence electrons. The second kappa shape index (κ2) is 5.82. The minimum Gasteiger partial charge on any atom is -0.409 e. The average Bonchev–Trinajstić information content (AvgIpc) is 2.38. The third-order valence-corrected chi connectivity index (χ3v) is 3.37. The van der Waals surface area contributed by atoms with Crippen molar-refractivity contribution in [2.45, 2.75) is 26.3 Å². The van der Waals surface area contributed by atoms with E-state index in [9.17, 15) is 0 Å². The fraction of sp³-hybridized carbons (Fsp3) is 0.538. The topological polar surface area (TPSA) is 74.7 Å². The molecule has 0 radical (unpaired) electrons. The van der Waals surface area contributed by atoms with E-state index in [0.717, 1.165) is 43.9 Å². The monoisotopic (exact) mass is 248 g/mol. The van der Waals surface area contributed by atoms with Gasteiger partial charge in [0.15, 0.2) is 0 Å². The summed E-state index contributed by atoms with van der Waals surface area (Å²) < 4.78 is 0. The molecule has 2 heterocycles. The second-order valence-corrected chi connectivity index (χ2v) is 4.87. The molecule has 3 N–H and O–H groups in total. The summed E-state index contributed by atoms with van der Waals surface area (Å²) in [5.41, 5.74) is 7.80. The van der Waals surface area contributed by atoms with Gasteiger partial charge in [-0.25, -0.2) is 0 Å². The van der Waals surface area contributed by atoms with E-state index in [-0.39, 0.29) is 5.92 Å². The van der Waals surface area contributed by atoms with Crippen LogP contribution in [0.1, 0.15) is 24.2 Å². The van der Waals surface area contributed by atoms with E-state index in [1.165, 1.54) is 0 Å². The summed E-state index contributed by atoms with van der Waals surface area (Å²) in [5, 5.41) is 11.9. The van der Waals surface area contributed by atoms with E-state index in [1.807, 2.05) is 25.1 Å². The molecular formula is C13H20N4O. The van der Waals surface area contributed by atoms with Gasteiger partial charge in [-0.05, 0) is 38.4 Å². The molecule has 0 aromatic carbocycles. The van der Waals surface area contributed by atoms with Crippen LogP contribution in [-0.2, 0) is 6.54 Å². The van der Waals surface area contributed by atoms with E-state index in [4.69, 9.17) is 10.9 Å². The number of oxime groups is 1. The first-order chi connectivity index (χ1) is 8.69. The van der Waals surface area contributed by atoms with E-state index >= 15 is 0 Å². The highest BCUT2D eigenvalue weighted by Crippen LogP contribution is 2.18. The molecule has 2 rings (SSSR count). The Kier molecular flexibility index (Phi) is 4.15. The van der Waals surface area contributed by atoms with Crippen LogP contribution in [0.4, 0.5) is 0 Å². The van der Waals surface area contributed by atoms with Crippen LogP contribution in [0.2, 0.25) is 0 Å². The lowest BCUT2D eigenvalue weighted by molar-refractivity contribution is 0.191. The van der Waals surface area contributed by atoms with Gasteiger partial charge in [0.25, 0.3) is 0 Å². The van der Waals surface area contributed by atoms with Gasteiger partial charge in [0.2, 0.25) is 0 Å². The minimum absolute atomic E-state index is 0.161. The van der Waals surface area contributed by atoms with Crippen molar-refractivity contribution >= 4 is 5.84 Å². The van der Waals surface area contributed by atoms with Gasteiger partial charge in [-0.1, -0.05) is 11.2 Å². The van der Waals surface area contributed by atoms with Gasteiger partial charge in [0.1, 0.15) is 5.84 Å². The largest absolute Gasteiger partial charge is 0.409 e. The van der Waals surface area contributed by atoms with Crippen LogP contribution < -0.4 is 5.73 Å². The molecule has 0 spiro atoms. The number of nitrogens with zero attached hydrogens (tertiary/aromatic N) is 3. The molecule has 5 heteroatoms. The van der Waals surface area contributed by atoms with Gasteiger partial charge in [-0.3, -0.25) is 9.88 Å². The Balaban J connectivity index is 1.97. The van der Waals surface area contributed by atoms with E-state index in [0.29, 0.717) is 5.84 Å². The molecule has 1 aromatic rings. The Morgan fingerprint density at radius 3 is 3.17 bits per heavy atom. The predicted molar refractivity (Wildman–Crippen MR) is 70.4 cm³/mol. The predicted octanol–water partition coefficient (Wildman–Crippen LogP) is 1.35. The van der Waals surface area contributed by atoms with Crippen LogP contribution in [0.25, 0.3) is 0 Å². The number of amidine groups is 1. The Hall–Kier alpha value is -1.62. The van der Waals surface area contributed by atoms with Crippen molar-refractivity contribution in [1.82, 2.24) is 9.88 Å².